The molecule has 0 fully saturated rings. The van der Waals surface area contributed by atoms with Crippen LogP contribution in [0.1, 0.15) is 17.3 Å². The second kappa shape index (κ2) is 5.96. The van der Waals surface area contributed by atoms with Gasteiger partial charge in [0.15, 0.2) is 11.5 Å². The van der Waals surface area contributed by atoms with Crippen LogP contribution in [0.15, 0.2) is 42.5 Å². The summed E-state index contributed by atoms with van der Waals surface area (Å²) in [5.74, 6) is -0.777. The predicted octanol–water partition coefficient (Wildman–Crippen LogP) is 2.72. The van der Waals surface area contributed by atoms with Gasteiger partial charge >= 0.3 is 5.97 Å². The number of anilines is 2. The van der Waals surface area contributed by atoms with Crippen molar-refractivity contribution in [3.05, 3.63) is 48.0 Å². The van der Waals surface area contributed by atoms with Gasteiger partial charge in [-0.3, -0.25) is 4.79 Å². The van der Waals surface area contributed by atoms with Gasteiger partial charge in [-0.1, -0.05) is 18.2 Å². The molecule has 2 rings (SSSR count). The Balaban J connectivity index is 2.37. The van der Waals surface area contributed by atoms with Gasteiger partial charge in [0.2, 0.25) is 5.91 Å². The van der Waals surface area contributed by atoms with E-state index in [2.05, 4.69) is 5.32 Å². The Hall–Kier alpha value is -3.02. The Morgan fingerprint density at radius 3 is 2.43 bits per heavy atom. The number of nitrogen functional groups attached to an aromatic ring is 1. The number of nitrogens with two attached hydrogens (primary N) is 1. The van der Waals surface area contributed by atoms with Crippen LogP contribution < -0.4 is 15.8 Å². The number of carbonyl (C=O) groups excluding carboxylic acids is 1. The van der Waals surface area contributed by atoms with Gasteiger partial charge in [0.25, 0.3) is 0 Å². The van der Waals surface area contributed by atoms with Gasteiger partial charge in [-0.15, -0.1) is 0 Å². The molecule has 2 aromatic carbocycles. The number of carboxylic acids is 1. The third kappa shape index (κ3) is 3.30. The first-order valence-electron chi connectivity index (χ1n) is 6.15. The standard InChI is InChI=1S/C15H14N2O4/c1-9(18)17-11-6-2-3-7-12(11)21-13-8-4-5-10(14(13)16)15(19)20/h2-8H,16H2,1H3,(H,17,18)(H,19,20). The number of amides is 1. The molecule has 0 spiro atoms. The average molecular weight is 286 g/mol. The normalized spacial score (nSPS) is 9.95. The summed E-state index contributed by atoms with van der Waals surface area (Å²) in [5.41, 5.74) is 6.26. The summed E-state index contributed by atoms with van der Waals surface area (Å²) in [4.78, 5) is 22.2. The fraction of sp³-hybridized carbons (Fsp3) is 0.0667. The molecule has 0 bridgehead atoms. The molecule has 0 radical (unpaired) electrons. The van der Waals surface area contributed by atoms with E-state index in [4.69, 9.17) is 15.6 Å². The number of aromatic carboxylic acids is 1. The predicted molar refractivity (Wildman–Crippen MR) is 78.6 cm³/mol. The first-order valence-corrected chi connectivity index (χ1v) is 6.15. The minimum Gasteiger partial charge on any atom is -0.478 e. The second-order valence-electron chi connectivity index (χ2n) is 4.30. The Kier molecular flexibility index (Phi) is 4.08. The molecule has 1 amide bonds. The van der Waals surface area contributed by atoms with E-state index in [0.29, 0.717) is 11.4 Å². The van der Waals surface area contributed by atoms with E-state index in [9.17, 15) is 9.59 Å². The van der Waals surface area contributed by atoms with Crippen molar-refractivity contribution in [2.75, 3.05) is 11.1 Å². The summed E-state index contributed by atoms with van der Waals surface area (Å²) in [5, 5.41) is 11.7. The summed E-state index contributed by atoms with van der Waals surface area (Å²) < 4.78 is 5.63. The summed E-state index contributed by atoms with van der Waals surface area (Å²) in [6, 6.07) is 11.3. The summed E-state index contributed by atoms with van der Waals surface area (Å²) in [7, 11) is 0. The zero-order chi connectivity index (χ0) is 15.4. The molecule has 0 saturated heterocycles. The number of benzene rings is 2. The highest BCUT2D eigenvalue weighted by atomic mass is 16.5. The van der Waals surface area contributed by atoms with E-state index in [0.717, 1.165) is 0 Å². The van der Waals surface area contributed by atoms with Crippen LogP contribution in [0.3, 0.4) is 0 Å². The quantitative estimate of drug-likeness (QED) is 0.750. The molecule has 0 aliphatic carbocycles. The van der Waals surface area contributed by atoms with Crippen LogP contribution in [0, 0.1) is 0 Å². The van der Waals surface area contributed by atoms with E-state index in [-0.39, 0.29) is 22.9 Å². The van der Waals surface area contributed by atoms with E-state index >= 15 is 0 Å². The first-order chi connectivity index (χ1) is 9.99. The number of rotatable bonds is 4. The number of carboxylic acid groups (broad SMARTS) is 1. The topological polar surface area (TPSA) is 102 Å². The molecule has 0 aliphatic heterocycles. The number of nitrogens with one attached hydrogen (secondary N) is 1. The van der Waals surface area contributed by atoms with Crippen LogP contribution in [-0.2, 0) is 4.79 Å². The molecular weight excluding hydrogens is 272 g/mol. The Bertz CT molecular complexity index is 698. The third-order valence-electron chi connectivity index (χ3n) is 2.71. The van der Waals surface area contributed by atoms with Crippen molar-refractivity contribution in [3.63, 3.8) is 0 Å². The van der Waals surface area contributed by atoms with Crippen LogP contribution in [0.2, 0.25) is 0 Å². The fourth-order valence-electron chi connectivity index (χ4n) is 1.79. The SMILES string of the molecule is CC(=O)Nc1ccccc1Oc1cccc(C(=O)O)c1N. The smallest absolute Gasteiger partial charge is 0.337 e. The van der Waals surface area contributed by atoms with Crippen molar-refractivity contribution >= 4 is 23.3 Å². The molecule has 0 aromatic heterocycles. The van der Waals surface area contributed by atoms with E-state index in [1.54, 1.807) is 30.3 Å². The molecule has 4 N–H and O–H groups in total. The van der Waals surface area contributed by atoms with Crippen LogP contribution >= 0.6 is 0 Å². The van der Waals surface area contributed by atoms with Gasteiger partial charge < -0.3 is 20.9 Å². The Morgan fingerprint density at radius 1 is 1.10 bits per heavy atom. The van der Waals surface area contributed by atoms with Gasteiger partial charge in [-0.2, -0.15) is 0 Å². The molecule has 0 aliphatic rings. The number of hydrogen-bond donors (Lipinski definition) is 3. The Morgan fingerprint density at radius 2 is 1.76 bits per heavy atom. The van der Waals surface area contributed by atoms with Crippen LogP contribution in [0.25, 0.3) is 0 Å². The molecule has 21 heavy (non-hydrogen) atoms. The number of ether oxygens (including phenoxy) is 1. The van der Waals surface area contributed by atoms with Crippen molar-refractivity contribution < 1.29 is 19.4 Å². The molecule has 108 valence electrons. The van der Waals surface area contributed by atoms with Crippen molar-refractivity contribution in [1.82, 2.24) is 0 Å². The molecule has 0 atom stereocenters. The number of para-hydroxylation sites is 3. The third-order valence-corrected chi connectivity index (χ3v) is 2.71. The minimum atomic E-state index is -1.13. The highest BCUT2D eigenvalue weighted by molar-refractivity contribution is 5.95. The summed E-state index contributed by atoms with van der Waals surface area (Å²) in [6.45, 7) is 1.39. The maximum Gasteiger partial charge on any atom is 0.337 e. The molecule has 0 saturated carbocycles. The van der Waals surface area contributed by atoms with Crippen LogP contribution in [0.5, 0.6) is 11.5 Å². The lowest BCUT2D eigenvalue weighted by molar-refractivity contribution is -0.114. The first kappa shape index (κ1) is 14.4. The van der Waals surface area contributed by atoms with Crippen molar-refractivity contribution in [2.45, 2.75) is 6.92 Å². The monoisotopic (exact) mass is 286 g/mol. The van der Waals surface area contributed by atoms with Crippen molar-refractivity contribution in [3.8, 4) is 11.5 Å². The molecule has 6 nitrogen and oxygen atoms in total. The molecular formula is C15H14N2O4. The molecule has 0 unspecified atom stereocenters. The van der Waals surface area contributed by atoms with Crippen molar-refractivity contribution in [1.29, 1.82) is 0 Å². The average Bonchev–Trinajstić information content (AvgIpc) is 2.42. The highest BCUT2D eigenvalue weighted by Crippen LogP contribution is 2.34. The summed E-state index contributed by atoms with van der Waals surface area (Å²) >= 11 is 0. The second-order valence-corrected chi connectivity index (χ2v) is 4.30. The lowest BCUT2D eigenvalue weighted by Gasteiger charge is -2.13. The molecule has 6 heteroatoms. The highest BCUT2D eigenvalue weighted by Gasteiger charge is 2.14. The minimum absolute atomic E-state index is 0.0302. The summed E-state index contributed by atoms with van der Waals surface area (Å²) in [6.07, 6.45) is 0. The van der Waals surface area contributed by atoms with Gasteiger partial charge in [0.1, 0.15) is 0 Å². The van der Waals surface area contributed by atoms with E-state index < -0.39 is 5.97 Å². The van der Waals surface area contributed by atoms with Gasteiger partial charge in [0.05, 0.1) is 16.9 Å². The maximum atomic E-state index is 11.2. The van der Waals surface area contributed by atoms with Crippen molar-refractivity contribution in [2.24, 2.45) is 0 Å². The number of carbonyl (C=O) groups is 2. The van der Waals surface area contributed by atoms with Crippen LogP contribution in [0.4, 0.5) is 11.4 Å². The van der Waals surface area contributed by atoms with E-state index in [1.165, 1.54) is 19.1 Å². The van der Waals surface area contributed by atoms with Crippen LogP contribution in [-0.4, -0.2) is 17.0 Å². The number of hydrogen-bond acceptors (Lipinski definition) is 4. The fourth-order valence-corrected chi connectivity index (χ4v) is 1.79. The van der Waals surface area contributed by atoms with Gasteiger partial charge in [0, 0.05) is 6.92 Å². The zero-order valence-electron chi connectivity index (χ0n) is 11.3. The van der Waals surface area contributed by atoms with E-state index in [1.807, 2.05) is 0 Å². The lowest BCUT2D eigenvalue weighted by atomic mass is 10.1. The largest absolute Gasteiger partial charge is 0.478 e. The Labute approximate surface area is 121 Å². The van der Waals surface area contributed by atoms with Gasteiger partial charge in [-0.05, 0) is 24.3 Å². The molecule has 0 heterocycles. The van der Waals surface area contributed by atoms with Gasteiger partial charge in [-0.25, -0.2) is 4.79 Å². The maximum absolute atomic E-state index is 11.2. The lowest BCUT2D eigenvalue weighted by Crippen LogP contribution is -2.07. The molecule has 2 aromatic rings. The zero-order valence-corrected chi connectivity index (χ0v) is 11.3.